The maximum atomic E-state index is 12.2. The molecule has 1 atom stereocenters. The minimum Gasteiger partial charge on any atom is -0.372 e. The Morgan fingerprint density at radius 2 is 2.22 bits per heavy atom. The number of carbonyl (C=O) groups is 1. The molecule has 0 aromatic carbocycles. The summed E-state index contributed by atoms with van der Waals surface area (Å²) < 4.78 is 10.1. The van der Waals surface area contributed by atoms with Crippen LogP contribution in [0, 0.1) is 12.8 Å². The van der Waals surface area contributed by atoms with E-state index >= 15 is 0 Å². The van der Waals surface area contributed by atoms with E-state index < -0.39 is 0 Å². The second-order valence-electron chi connectivity index (χ2n) is 8.16. The number of amides is 1. The van der Waals surface area contributed by atoms with Gasteiger partial charge in [0.05, 0.1) is 23.6 Å². The molecule has 2 aliphatic heterocycles. The van der Waals surface area contributed by atoms with Crippen LogP contribution in [-0.2, 0) is 25.4 Å². The molecule has 146 valence electrons. The maximum Gasteiger partial charge on any atom is 0.267 e. The Balaban J connectivity index is 1.20. The summed E-state index contributed by atoms with van der Waals surface area (Å²) in [5.41, 5.74) is 3.03. The predicted molar refractivity (Wildman–Crippen MR) is 102 cm³/mol. The fourth-order valence-electron chi connectivity index (χ4n) is 4.27. The van der Waals surface area contributed by atoms with Gasteiger partial charge in [0, 0.05) is 46.5 Å². The summed E-state index contributed by atoms with van der Waals surface area (Å²) in [6, 6.07) is 5.88. The van der Waals surface area contributed by atoms with E-state index in [1.165, 1.54) is 5.69 Å². The highest BCUT2D eigenvalue weighted by Crippen LogP contribution is 2.36. The SMILES string of the molecule is Cc1cc(CN2CC3(CC[C@H](CNC(=O)c4cccn4C)CO3)C2)n(C)n1. The quantitative estimate of drug-likeness (QED) is 0.865. The lowest BCUT2D eigenvalue weighted by molar-refractivity contribution is -0.181. The molecule has 2 aromatic heterocycles. The van der Waals surface area contributed by atoms with Gasteiger partial charge in [-0.15, -0.1) is 0 Å². The molecule has 7 nitrogen and oxygen atoms in total. The highest BCUT2D eigenvalue weighted by Gasteiger charge is 2.46. The van der Waals surface area contributed by atoms with Crippen LogP contribution in [-0.4, -0.2) is 57.0 Å². The molecule has 0 saturated carbocycles. The van der Waals surface area contributed by atoms with Crippen LogP contribution in [0.1, 0.15) is 34.7 Å². The summed E-state index contributed by atoms with van der Waals surface area (Å²) in [7, 11) is 3.89. The normalized spacial score (nSPS) is 22.0. The fourth-order valence-corrected chi connectivity index (χ4v) is 4.27. The minimum absolute atomic E-state index is 0.0101. The molecule has 1 N–H and O–H groups in total. The average molecular weight is 371 g/mol. The summed E-state index contributed by atoms with van der Waals surface area (Å²) in [5, 5.41) is 7.47. The number of rotatable bonds is 5. The number of hydrogen-bond donors (Lipinski definition) is 1. The van der Waals surface area contributed by atoms with Crippen LogP contribution in [0.3, 0.4) is 0 Å². The zero-order chi connectivity index (χ0) is 19.0. The van der Waals surface area contributed by atoms with Crippen molar-refractivity contribution >= 4 is 5.91 Å². The van der Waals surface area contributed by atoms with Gasteiger partial charge in [0.1, 0.15) is 5.69 Å². The standard InChI is InChI=1S/C20H29N5O2/c1-15-9-17(24(3)22-15)11-25-13-20(14-25)7-6-16(12-27-20)10-21-19(26)18-5-4-8-23(18)2/h4-5,8-9,16H,6-7,10-14H2,1-3H3,(H,21,26)/t16-/m1/s1. The number of likely N-dealkylation sites (tertiary alicyclic amines) is 1. The van der Waals surface area contributed by atoms with E-state index in [1.807, 2.05) is 48.6 Å². The summed E-state index contributed by atoms with van der Waals surface area (Å²) in [4.78, 5) is 14.6. The number of aryl methyl sites for hydroxylation is 3. The zero-order valence-corrected chi connectivity index (χ0v) is 16.4. The first-order valence-electron chi connectivity index (χ1n) is 9.69. The van der Waals surface area contributed by atoms with Crippen LogP contribution >= 0.6 is 0 Å². The van der Waals surface area contributed by atoms with Crippen molar-refractivity contribution < 1.29 is 9.53 Å². The van der Waals surface area contributed by atoms with Crippen LogP contribution in [0.4, 0.5) is 0 Å². The molecule has 1 spiro atoms. The number of carbonyl (C=O) groups excluding carboxylic acids is 1. The Morgan fingerprint density at radius 1 is 1.41 bits per heavy atom. The molecule has 0 aliphatic carbocycles. The first kappa shape index (κ1) is 18.3. The highest BCUT2D eigenvalue weighted by atomic mass is 16.5. The molecule has 27 heavy (non-hydrogen) atoms. The summed E-state index contributed by atoms with van der Waals surface area (Å²) in [6.45, 7) is 6.34. The van der Waals surface area contributed by atoms with Gasteiger partial charge in [0.2, 0.25) is 0 Å². The first-order valence-corrected chi connectivity index (χ1v) is 9.69. The molecule has 4 heterocycles. The van der Waals surface area contributed by atoms with E-state index in [1.54, 1.807) is 0 Å². The Morgan fingerprint density at radius 3 is 2.81 bits per heavy atom. The largest absolute Gasteiger partial charge is 0.372 e. The van der Waals surface area contributed by atoms with Crippen molar-refractivity contribution in [3.05, 3.63) is 41.5 Å². The molecule has 2 saturated heterocycles. The monoisotopic (exact) mass is 371 g/mol. The predicted octanol–water partition coefficient (Wildman–Crippen LogP) is 1.48. The lowest BCUT2D eigenvalue weighted by Crippen LogP contribution is -2.64. The molecular weight excluding hydrogens is 342 g/mol. The summed E-state index contributed by atoms with van der Waals surface area (Å²) in [5.74, 6) is 0.387. The number of nitrogens with zero attached hydrogens (tertiary/aromatic N) is 4. The molecule has 0 bridgehead atoms. The molecule has 0 radical (unpaired) electrons. The smallest absolute Gasteiger partial charge is 0.267 e. The molecule has 2 aromatic rings. The molecule has 4 rings (SSSR count). The number of ether oxygens (including phenoxy) is 1. The third-order valence-corrected chi connectivity index (χ3v) is 5.87. The van der Waals surface area contributed by atoms with E-state index in [9.17, 15) is 4.79 Å². The van der Waals surface area contributed by atoms with Crippen molar-refractivity contribution in [1.82, 2.24) is 24.6 Å². The van der Waals surface area contributed by atoms with E-state index in [0.717, 1.165) is 44.8 Å². The number of hydrogen-bond acceptors (Lipinski definition) is 4. The van der Waals surface area contributed by atoms with Gasteiger partial charge in [-0.25, -0.2) is 0 Å². The van der Waals surface area contributed by atoms with Gasteiger partial charge in [-0.3, -0.25) is 14.4 Å². The Labute approximate surface area is 160 Å². The van der Waals surface area contributed by atoms with E-state index in [-0.39, 0.29) is 11.5 Å². The first-order chi connectivity index (χ1) is 12.9. The third-order valence-electron chi connectivity index (χ3n) is 5.87. The van der Waals surface area contributed by atoms with Crippen molar-refractivity contribution in [1.29, 1.82) is 0 Å². The molecule has 7 heteroatoms. The van der Waals surface area contributed by atoms with Crippen LogP contribution in [0.5, 0.6) is 0 Å². The maximum absolute atomic E-state index is 12.2. The number of aromatic nitrogens is 3. The van der Waals surface area contributed by atoms with Gasteiger partial charge in [-0.1, -0.05) is 0 Å². The van der Waals surface area contributed by atoms with Gasteiger partial charge in [-0.2, -0.15) is 5.10 Å². The molecule has 2 fully saturated rings. The van der Waals surface area contributed by atoms with Gasteiger partial charge in [0.25, 0.3) is 5.91 Å². The zero-order valence-electron chi connectivity index (χ0n) is 16.4. The van der Waals surface area contributed by atoms with Crippen molar-refractivity contribution in [2.75, 3.05) is 26.2 Å². The fraction of sp³-hybridized carbons (Fsp3) is 0.600. The summed E-state index contributed by atoms with van der Waals surface area (Å²) in [6.07, 6.45) is 4.06. The van der Waals surface area contributed by atoms with Crippen LogP contribution in [0.15, 0.2) is 24.4 Å². The van der Waals surface area contributed by atoms with E-state index in [2.05, 4.69) is 21.4 Å². The Hall–Kier alpha value is -2.12. The van der Waals surface area contributed by atoms with Crippen LogP contribution < -0.4 is 5.32 Å². The van der Waals surface area contributed by atoms with Gasteiger partial charge in [0.15, 0.2) is 0 Å². The molecular formula is C20H29N5O2. The van der Waals surface area contributed by atoms with Crippen LogP contribution in [0.25, 0.3) is 0 Å². The second kappa shape index (κ2) is 7.13. The molecule has 1 amide bonds. The minimum atomic E-state index is -0.0101. The van der Waals surface area contributed by atoms with Crippen molar-refractivity contribution in [2.45, 2.75) is 31.9 Å². The lowest BCUT2D eigenvalue weighted by atomic mass is 9.83. The van der Waals surface area contributed by atoms with E-state index in [0.29, 0.717) is 18.2 Å². The van der Waals surface area contributed by atoms with Crippen molar-refractivity contribution in [3.63, 3.8) is 0 Å². The lowest BCUT2D eigenvalue weighted by Gasteiger charge is -2.53. The average Bonchev–Trinajstić information content (AvgIpc) is 3.17. The van der Waals surface area contributed by atoms with E-state index in [4.69, 9.17) is 4.74 Å². The highest BCUT2D eigenvalue weighted by molar-refractivity contribution is 5.92. The summed E-state index contributed by atoms with van der Waals surface area (Å²) >= 11 is 0. The van der Waals surface area contributed by atoms with Gasteiger partial charge >= 0.3 is 0 Å². The second-order valence-corrected chi connectivity index (χ2v) is 8.16. The Bertz CT molecular complexity index is 808. The molecule has 2 aliphatic rings. The van der Waals surface area contributed by atoms with Gasteiger partial charge in [-0.05, 0) is 43.9 Å². The van der Waals surface area contributed by atoms with Gasteiger partial charge < -0.3 is 14.6 Å². The van der Waals surface area contributed by atoms with Crippen molar-refractivity contribution in [2.24, 2.45) is 20.0 Å². The topological polar surface area (TPSA) is 64.3 Å². The van der Waals surface area contributed by atoms with Crippen LogP contribution in [0.2, 0.25) is 0 Å². The van der Waals surface area contributed by atoms with Crippen molar-refractivity contribution in [3.8, 4) is 0 Å². The third kappa shape index (κ3) is 3.80. The number of nitrogens with one attached hydrogen (secondary N) is 1. The molecule has 0 unspecified atom stereocenters. The Kier molecular flexibility index (Phi) is 4.82.